The minimum absolute atomic E-state index is 0.0943. The minimum Gasteiger partial charge on any atom is -0.443 e. The number of fused-ring (bicyclic) bond motifs is 1. The molecule has 1 fully saturated rings. The van der Waals surface area contributed by atoms with Gasteiger partial charge in [0.1, 0.15) is 23.9 Å². The van der Waals surface area contributed by atoms with E-state index in [0.717, 1.165) is 33.2 Å². The fourth-order valence-electron chi connectivity index (χ4n) is 3.96. The molecular formula is C27H29IN4O4. The number of hydrogen-bond acceptors (Lipinski definition) is 6. The first-order valence-electron chi connectivity index (χ1n) is 11.7. The molecule has 0 aliphatic heterocycles. The lowest BCUT2D eigenvalue weighted by Gasteiger charge is -2.24. The van der Waals surface area contributed by atoms with Gasteiger partial charge >= 0.3 is 12.0 Å². The molecule has 0 unspecified atom stereocenters. The Kier molecular flexibility index (Phi) is 7.38. The van der Waals surface area contributed by atoms with E-state index in [1.165, 1.54) is 11.7 Å². The average Bonchev–Trinajstić information content (AvgIpc) is 3.56. The standard InChI is InChI=1S/C27H29IN4O4/c1-7-8-24(33)31(21-13-16(2)19(28)14-18(21)17-9-10-17)22-12-11-20-25(29-22)30-23(15-35-6)32(20)26(34)36-27(3,4)5/h11-14,17H,9-10,15H2,1-6H3. The van der Waals surface area contributed by atoms with Gasteiger partial charge in [-0.05, 0) is 117 Å². The van der Waals surface area contributed by atoms with Crippen LogP contribution in [-0.4, -0.2) is 39.2 Å². The van der Waals surface area contributed by atoms with Gasteiger partial charge in [-0.2, -0.15) is 0 Å². The highest BCUT2D eigenvalue weighted by atomic mass is 127. The van der Waals surface area contributed by atoms with Crippen molar-refractivity contribution < 1.29 is 19.1 Å². The lowest BCUT2D eigenvalue weighted by molar-refractivity contribution is -0.112. The van der Waals surface area contributed by atoms with Gasteiger partial charge in [0.2, 0.25) is 0 Å². The molecule has 4 rings (SSSR count). The zero-order chi connectivity index (χ0) is 26.2. The molecule has 1 aliphatic carbocycles. The second kappa shape index (κ2) is 10.2. The number of imidazole rings is 1. The van der Waals surface area contributed by atoms with Gasteiger partial charge in [-0.1, -0.05) is 5.92 Å². The van der Waals surface area contributed by atoms with Crippen LogP contribution in [-0.2, 0) is 20.9 Å². The topological polar surface area (TPSA) is 86.6 Å². The third-order valence-corrected chi connectivity index (χ3v) is 6.82. The molecule has 2 heterocycles. The van der Waals surface area contributed by atoms with E-state index in [0.29, 0.717) is 28.7 Å². The summed E-state index contributed by atoms with van der Waals surface area (Å²) in [6.07, 6.45) is 1.60. The molecule has 0 atom stereocenters. The molecule has 188 valence electrons. The van der Waals surface area contributed by atoms with Crippen molar-refractivity contribution in [1.82, 2.24) is 14.5 Å². The molecule has 3 aromatic rings. The molecule has 36 heavy (non-hydrogen) atoms. The van der Waals surface area contributed by atoms with Crippen LogP contribution >= 0.6 is 22.6 Å². The first-order chi connectivity index (χ1) is 17.0. The summed E-state index contributed by atoms with van der Waals surface area (Å²) in [5.41, 5.74) is 3.04. The van der Waals surface area contributed by atoms with Crippen molar-refractivity contribution >= 4 is 57.3 Å². The van der Waals surface area contributed by atoms with Crippen molar-refractivity contribution in [3.8, 4) is 11.8 Å². The first-order valence-corrected chi connectivity index (χ1v) is 12.8. The number of anilines is 2. The van der Waals surface area contributed by atoms with E-state index in [1.54, 1.807) is 44.7 Å². The normalized spacial score (nSPS) is 13.3. The quantitative estimate of drug-likeness (QED) is 0.270. The number of nitrogens with zero attached hydrogens (tertiary/aromatic N) is 4. The number of hydrogen-bond donors (Lipinski definition) is 0. The van der Waals surface area contributed by atoms with Crippen molar-refractivity contribution in [3.63, 3.8) is 0 Å². The second-order valence-corrected chi connectivity index (χ2v) is 10.9. The van der Waals surface area contributed by atoms with Gasteiger partial charge in [-0.25, -0.2) is 19.3 Å². The monoisotopic (exact) mass is 600 g/mol. The number of aryl methyl sites for hydroxylation is 1. The van der Waals surface area contributed by atoms with Gasteiger partial charge in [0, 0.05) is 10.7 Å². The van der Waals surface area contributed by atoms with Crippen LogP contribution in [0.3, 0.4) is 0 Å². The summed E-state index contributed by atoms with van der Waals surface area (Å²) in [7, 11) is 1.53. The maximum Gasteiger partial charge on any atom is 0.420 e. The molecule has 1 aliphatic rings. The number of amides is 1. The number of aromatic nitrogens is 3. The van der Waals surface area contributed by atoms with Crippen LogP contribution in [0.25, 0.3) is 11.2 Å². The van der Waals surface area contributed by atoms with Crippen molar-refractivity contribution in [2.75, 3.05) is 12.0 Å². The zero-order valence-electron chi connectivity index (χ0n) is 21.3. The Balaban J connectivity index is 1.88. The molecule has 1 saturated carbocycles. The summed E-state index contributed by atoms with van der Waals surface area (Å²) in [5.74, 6) is 6.15. The van der Waals surface area contributed by atoms with Crippen LogP contribution < -0.4 is 4.90 Å². The lowest BCUT2D eigenvalue weighted by Crippen LogP contribution is -2.28. The maximum atomic E-state index is 13.3. The van der Waals surface area contributed by atoms with Crippen molar-refractivity contribution in [1.29, 1.82) is 0 Å². The highest BCUT2D eigenvalue weighted by molar-refractivity contribution is 14.1. The largest absolute Gasteiger partial charge is 0.443 e. The van der Waals surface area contributed by atoms with Crippen LogP contribution in [0.2, 0.25) is 0 Å². The molecule has 8 nitrogen and oxygen atoms in total. The van der Waals surface area contributed by atoms with Crippen LogP contribution in [0.15, 0.2) is 24.3 Å². The predicted octanol–water partition coefficient (Wildman–Crippen LogP) is 5.84. The molecule has 9 heteroatoms. The SMILES string of the molecule is CC#CC(=O)N(c1ccc2c(n1)nc(COC)n2C(=O)OC(C)(C)C)c1cc(C)c(I)cc1C1CC1. The number of rotatable bonds is 5. The third kappa shape index (κ3) is 5.39. The van der Waals surface area contributed by atoms with Gasteiger partial charge in [0.15, 0.2) is 5.65 Å². The van der Waals surface area contributed by atoms with Crippen LogP contribution in [0.5, 0.6) is 0 Å². The summed E-state index contributed by atoms with van der Waals surface area (Å²) < 4.78 is 13.4. The first kappa shape index (κ1) is 26.1. The van der Waals surface area contributed by atoms with Crippen LogP contribution in [0.4, 0.5) is 16.3 Å². The molecule has 0 N–H and O–H groups in total. The molecule has 0 saturated heterocycles. The van der Waals surface area contributed by atoms with E-state index in [9.17, 15) is 9.59 Å². The average molecular weight is 600 g/mol. The number of pyridine rings is 1. The highest BCUT2D eigenvalue weighted by Gasteiger charge is 2.32. The maximum absolute atomic E-state index is 13.3. The molecule has 0 bridgehead atoms. The molecule has 2 aromatic heterocycles. The highest BCUT2D eigenvalue weighted by Crippen LogP contribution is 2.46. The van der Waals surface area contributed by atoms with Gasteiger partial charge in [-0.15, -0.1) is 0 Å². The third-order valence-electron chi connectivity index (χ3n) is 5.65. The van der Waals surface area contributed by atoms with Crippen LogP contribution in [0.1, 0.15) is 63.4 Å². The van der Waals surface area contributed by atoms with Gasteiger partial charge in [-0.3, -0.25) is 9.69 Å². The summed E-state index contributed by atoms with van der Waals surface area (Å²) in [6, 6.07) is 7.60. The Bertz CT molecular complexity index is 1410. The number of halogens is 1. The Hall–Kier alpha value is -2.97. The Morgan fingerprint density at radius 2 is 1.94 bits per heavy atom. The minimum atomic E-state index is -0.685. The van der Waals surface area contributed by atoms with E-state index in [4.69, 9.17) is 14.5 Å². The summed E-state index contributed by atoms with van der Waals surface area (Å²) in [4.78, 5) is 37.1. The fourth-order valence-corrected chi connectivity index (χ4v) is 4.45. The predicted molar refractivity (Wildman–Crippen MR) is 146 cm³/mol. The molecular weight excluding hydrogens is 571 g/mol. The molecule has 1 amide bonds. The van der Waals surface area contributed by atoms with Crippen molar-refractivity contribution in [2.45, 2.75) is 65.6 Å². The van der Waals surface area contributed by atoms with Crippen molar-refractivity contribution in [2.24, 2.45) is 0 Å². The number of ether oxygens (including phenoxy) is 2. The van der Waals surface area contributed by atoms with Crippen molar-refractivity contribution in [3.05, 3.63) is 44.8 Å². The van der Waals surface area contributed by atoms with E-state index in [1.807, 2.05) is 13.0 Å². The molecule has 0 spiro atoms. The fraction of sp³-hybridized carbons (Fsp3) is 0.407. The second-order valence-electron chi connectivity index (χ2n) is 9.74. The van der Waals surface area contributed by atoms with E-state index in [-0.39, 0.29) is 12.5 Å². The van der Waals surface area contributed by atoms with E-state index < -0.39 is 11.7 Å². The summed E-state index contributed by atoms with van der Waals surface area (Å²) in [6.45, 7) is 9.15. The Morgan fingerprint density at radius 1 is 1.22 bits per heavy atom. The summed E-state index contributed by atoms with van der Waals surface area (Å²) >= 11 is 2.33. The smallest absolute Gasteiger partial charge is 0.420 e. The van der Waals surface area contributed by atoms with Gasteiger partial charge < -0.3 is 9.47 Å². The van der Waals surface area contributed by atoms with Gasteiger partial charge in [0.05, 0.1) is 11.2 Å². The number of methoxy groups -OCH3 is 1. The Morgan fingerprint density at radius 3 is 2.56 bits per heavy atom. The molecule has 0 radical (unpaired) electrons. The number of carbonyl (C=O) groups excluding carboxylic acids is 2. The van der Waals surface area contributed by atoms with E-state index in [2.05, 4.69) is 45.5 Å². The van der Waals surface area contributed by atoms with Crippen LogP contribution in [0, 0.1) is 22.3 Å². The zero-order valence-corrected chi connectivity index (χ0v) is 23.5. The summed E-state index contributed by atoms with van der Waals surface area (Å²) in [5, 5.41) is 0. The van der Waals surface area contributed by atoms with Gasteiger partial charge in [0.25, 0.3) is 0 Å². The number of benzene rings is 1. The number of carbonyl (C=O) groups is 2. The lowest BCUT2D eigenvalue weighted by atomic mass is 10.0. The Labute approximate surface area is 224 Å². The van der Waals surface area contributed by atoms with E-state index >= 15 is 0 Å². The molecule has 1 aromatic carbocycles.